The first-order valence-electron chi connectivity index (χ1n) is 7.62. The van der Waals surface area contributed by atoms with E-state index in [1.54, 1.807) is 0 Å². The summed E-state index contributed by atoms with van der Waals surface area (Å²) in [5.74, 6) is 4.02. The van der Waals surface area contributed by atoms with E-state index >= 15 is 0 Å². The highest BCUT2D eigenvalue weighted by Gasteiger charge is 2.23. The van der Waals surface area contributed by atoms with Crippen molar-refractivity contribution in [2.75, 3.05) is 43.4 Å². The molecule has 1 aromatic carbocycles. The summed E-state index contributed by atoms with van der Waals surface area (Å²) in [5.41, 5.74) is 1.44. The summed E-state index contributed by atoms with van der Waals surface area (Å²) in [6, 6.07) is 11.4. The molecular formula is C16H24N2S2. The molecule has 0 spiro atoms. The predicted octanol–water partition coefficient (Wildman–Crippen LogP) is 2.87. The Hall–Kier alpha value is -0.160. The number of benzene rings is 1. The number of nitrogens with one attached hydrogen (secondary N) is 1. The minimum Gasteiger partial charge on any atom is -0.309 e. The Morgan fingerprint density at radius 1 is 1.20 bits per heavy atom. The van der Waals surface area contributed by atoms with Crippen molar-refractivity contribution in [1.29, 1.82) is 0 Å². The van der Waals surface area contributed by atoms with Gasteiger partial charge in [0.1, 0.15) is 0 Å². The van der Waals surface area contributed by atoms with E-state index in [0.717, 1.165) is 18.3 Å². The van der Waals surface area contributed by atoms with Crippen LogP contribution in [-0.2, 0) is 0 Å². The second kappa shape index (κ2) is 7.74. The van der Waals surface area contributed by atoms with E-state index in [1.807, 2.05) is 0 Å². The zero-order valence-corrected chi connectivity index (χ0v) is 13.6. The third-order valence-corrected chi connectivity index (χ3v) is 6.86. The molecule has 4 heteroatoms. The van der Waals surface area contributed by atoms with Crippen molar-refractivity contribution in [3.05, 3.63) is 35.9 Å². The molecule has 0 saturated carbocycles. The van der Waals surface area contributed by atoms with Crippen molar-refractivity contribution in [3.8, 4) is 0 Å². The van der Waals surface area contributed by atoms with Crippen LogP contribution in [0.4, 0.5) is 0 Å². The molecule has 2 saturated heterocycles. The number of hydrogen-bond acceptors (Lipinski definition) is 4. The maximum atomic E-state index is 3.71. The zero-order valence-electron chi connectivity index (χ0n) is 12.0. The quantitative estimate of drug-likeness (QED) is 0.923. The summed E-state index contributed by atoms with van der Waals surface area (Å²) in [7, 11) is 0. The number of hydrogen-bond donors (Lipinski definition) is 1. The monoisotopic (exact) mass is 308 g/mol. The molecule has 2 aliphatic heterocycles. The third-order valence-electron chi connectivity index (χ3n) is 4.03. The van der Waals surface area contributed by atoms with Crippen LogP contribution in [0.25, 0.3) is 0 Å². The van der Waals surface area contributed by atoms with E-state index in [0.29, 0.717) is 6.04 Å². The molecule has 2 unspecified atom stereocenters. The molecule has 3 rings (SSSR count). The Morgan fingerprint density at radius 3 is 2.90 bits per heavy atom. The lowest BCUT2D eigenvalue weighted by molar-refractivity contribution is 0.273. The van der Waals surface area contributed by atoms with Crippen LogP contribution in [0.5, 0.6) is 0 Å². The van der Waals surface area contributed by atoms with Crippen molar-refractivity contribution < 1.29 is 0 Å². The number of thioether (sulfide) groups is 2. The summed E-state index contributed by atoms with van der Waals surface area (Å²) in [6.45, 7) is 4.81. The second-order valence-electron chi connectivity index (χ2n) is 5.60. The van der Waals surface area contributed by atoms with E-state index in [-0.39, 0.29) is 0 Å². The van der Waals surface area contributed by atoms with Crippen molar-refractivity contribution in [2.45, 2.75) is 17.7 Å². The molecule has 0 aromatic heterocycles. The van der Waals surface area contributed by atoms with Crippen molar-refractivity contribution >= 4 is 23.5 Å². The molecule has 0 radical (unpaired) electrons. The molecule has 0 amide bonds. The largest absolute Gasteiger partial charge is 0.309 e. The first-order valence-corrected chi connectivity index (χ1v) is 9.82. The normalized spacial score (nSPS) is 29.0. The van der Waals surface area contributed by atoms with Gasteiger partial charge in [0.2, 0.25) is 0 Å². The maximum absolute atomic E-state index is 3.71. The maximum Gasteiger partial charge on any atom is 0.0449 e. The van der Waals surface area contributed by atoms with Crippen LogP contribution in [0.15, 0.2) is 30.3 Å². The molecule has 2 atom stereocenters. The zero-order chi connectivity index (χ0) is 13.6. The van der Waals surface area contributed by atoms with Crippen LogP contribution in [0.3, 0.4) is 0 Å². The van der Waals surface area contributed by atoms with Gasteiger partial charge in [-0.05, 0) is 25.1 Å². The van der Waals surface area contributed by atoms with Gasteiger partial charge >= 0.3 is 0 Å². The molecule has 2 nitrogen and oxygen atoms in total. The van der Waals surface area contributed by atoms with Crippen LogP contribution in [0.2, 0.25) is 0 Å². The second-order valence-corrected chi connectivity index (χ2v) is 8.16. The van der Waals surface area contributed by atoms with Gasteiger partial charge in [0.25, 0.3) is 0 Å². The lowest BCUT2D eigenvalue weighted by Crippen LogP contribution is -2.37. The molecule has 20 heavy (non-hydrogen) atoms. The first-order chi connectivity index (χ1) is 9.92. The van der Waals surface area contributed by atoms with Crippen molar-refractivity contribution in [1.82, 2.24) is 10.2 Å². The Labute approximate surface area is 131 Å². The minimum atomic E-state index is 0.500. The fourth-order valence-electron chi connectivity index (χ4n) is 3.00. The van der Waals surface area contributed by atoms with Gasteiger partial charge in [-0.3, -0.25) is 0 Å². The average molecular weight is 309 g/mol. The molecule has 2 heterocycles. The average Bonchev–Trinajstić information content (AvgIpc) is 2.75. The molecule has 0 bridgehead atoms. The summed E-state index contributed by atoms with van der Waals surface area (Å²) in [4.78, 5) is 2.68. The van der Waals surface area contributed by atoms with Gasteiger partial charge in [0, 0.05) is 41.6 Å². The van der Waals surface area contributed by atoms with Crippen LogP contribution >= 0.6 is 23.5 Å². The van der Waals surface area contributed by atoms with Crippen LogP contribution in [0.1, 0.15) is 18.0 Å². The highest BCUT2D eigenvalue weighted by molar-refractivity contribution is 8.06. The van der Waals surface area contributed by atoms with Gasteiger partial charge in [0.05, 0.1) is 0 Å². The number of rotatable bonds is 3. The minimum absolute atomic E-state index is 0.500. The summed E-state index contributed by atoms with van der Waals surface area (Å²) in [6.07, 6.45) is 1.27. The Morgan fingerprint density at radius 2 is 2.10 bits per heavy atom. The molecule has 1 N–H and O–H groups in total. The predicted molar refractivity (Wildman–Crippen MR) is 91.8 cm³/mol. The summed E-state index contributed by atoms with van der Waals surface area (Å²) >= 11 is 4.31. The number of nitrogens with zero attached hydrogens (tertiary/aromatic N) is 1. The van der Waals surface area contributed by atoms with Crippen molar-refractivity contribution in [3.63, 3.8) is 0 Å². The van der Waals surface area contributed by atoms with E-state index in [1.165, 1.54) is 42.3 Å². The third kappa shape index (κ3) is 4.17. The van der Waals surface area contributed by atoms with Crippen LogP contribution in [0, 0.1) is 0 Å². The highest BCUT2D eigenvalue weighted by atomic mass is 32.2. The lowest BCUT2D eigenvalue weighted by Gasteiger charge is -2.30. The van der Waals surface area contributed by atoms with Gasteiger partial charge in [-0.25, -0.2) is 0 Å². The smallest absolute Gasteiger partial charge is 0.0449 e. The molecule has 1 aromatic rings. The van der Waals surface area contributed by atoms with E-state index < -0.39 is 0 Å². The topological polar surface area (TPSA) is 15.3 Å². The van der Waals surface area contributed by atoms with Gasteiger partial charge in [0.15, 0.2) is 0 Å². The van der Waals surface area contributed by atoms with Crippen LogP contribution < -0.4 is 5.32 Å². The van der Waals surface area contributed by atoms with Crippen LogP contribution in [-0.4, -0.2) is 53.6 Å². The fraction of sp³-hybridized carbons (Fsp3) is 0.625. The standard InChI is InChI=1S/C16H24N2S2/c1-2-5-14(6-3-1)16-12-18(8-4-7-17-16)11-15-13-19-9-10-20-15/h1-3,5-6,15-17H,4,7-13H2. The fourth-order valence-corrected chi connectivity index (χ4v) is 5.71. The molecule has 0 aliphatic carbocycles. The Bertz CT molecular complexity index is 393. The molecular weight excluding hydrogens is 284 g/mol. The lowest BCUT2D eigenvalue weighted by atomic mass is 10.1. The molecule has 2 aliphatic rings. The van der Waals surface area contributed by atoms with Gasteiger partial charge in [-0.1, -0.05) is 30.3 Å². The van der Waals surface area contributed by atoms with Gasteiger partial charge in [-0.15, -0.1) is 0 Å². The van der Waals surface area contributed by atoms with Gasteiger partial charge < -0.3 is 10.2 Å². The first kappa shape index (κ1) is 14.8. The SMILES string of the molecule is c1ccc(C2CN(CC3CSCCS3)CCCN2)cc1. The van der Waals surface area contributed by atoms with E-state index in [2.05, 4.69) is 64.1 Å². The van der Waals surface area contributed by atoms with E-state index in [4.69, 9.17) is 0 Å². The molecule has 2 fully saturated rings. The Kier molecular flexibility index (Phi) is 5.71. The molecule has 110 valence electrons. The van der Waals surface area contributed by atoms with Crippen molar-refractivity contribution in [2.24, 2.45) is 0 Å². The summed E-state index contributed by atoms with van der Waals surface area (Å²) < 4.78 is 0. The summed E-state index contributed by atoms with van der Waals surface area (Å²) in [5, 5.41) is 4.55. The Balaban J connectivity index is 1.60. The van der Waals surface area contributed by atoms with E-state index in [9.17, 15) is 0 Å². The van der Waals surface area contributed by atoms with Gasteiger partial charge in [-0.2, -0.15) is 23.5 Å². The highest BCUT2D eigenvalue weighted by Crippen LogP contribution is 2.26.